The van der Waals surface area contributed by atoms with E-state index in [1.807, 2.05) is 6.07 Å². The smallest absolute Gasteiger partial charge is 0.354 e. The molecule has 0 unspecified atom stereocenters. The van der Waals surface area contributed by atoms with Crippen LogP contribution in [-0.4, -0.2) is 48.6 Å². The van der Waals surface area contributed by atoms with E-state index in [0.29, 0.717) is 23.9 Å². The number of rotatable bonds is 6. The summed E-state index contributed by atoms with van der Waals surface area (Å²) in [6.07, 6.45) is 5.46. The molecule has 10 nitrogen and oxygen atoms in total. The van der Waals surface area contributed by atoms with Crippen molar-refractivity contribution in [3.8, 4) is 0 Å². The average molecular weight is 461 g/mol. The number of nitrogens with zero attached hydrogens (tertiary/aromatic N) is 5. The molecule has 4 rings (SSSR count). The van der Waals surface area contributed by atoms with E-state index in [-0.39, 0.29) is 15.6 Å². The molecule has 1 aliphatic rings. The lowest BCUT2D eigenvalue weighted by molar-refractivity contribution is -0.106. The number of nitrogens with one attached hydrogen (secondary N) is 1. The van der Waals surface area contributed by atoms with Crippen LogP contribution in [0.1, 0.15) is 16.8 Å². The van der Waals surface area contributed by atoms with Gasteiger partial charge in [-0.2, -0.15) is 0 Å². The molecule has 3 aromatic heterocycles. The van der Waals surface area contributed by atoms with Crippen molar-refractivity contribution < 1.29 is 18.0 Å². The summed E-state index contributed by atoms with van der Waals surface area (Å²) >= 11 is 1.09. The summed E-state index contributed by atoms with van der Waals surface area (Å²) in [5.41, 5.74) is 2.59. The van der Waals surface area contributed by atoms with Gasteiger partial charge in [-0.15, -0.1) is 5.06 Å². The Morgan fingerprint density at radius 2 is 1.97 bits per heavy atom. The van der Waals surface area contributed by atoms with Gasteiger partial charge in [0.05, 0.1) is 36.4 Å². The van der Waals surface area contributed by atoms with Crippen LogP contribution in [0, 0.1) is 0 Å². The lowest BCUT2D eigenvalue weighted by atomic mass is 10.2. The van der Waals surface area contributed by atoms with E-state index < -0.39 is 15.9 Å². The summed E-state index contributed by atoms with van der Waals surface area (Å²) in [4.78, 5) is 31.5. The van der Waals surface area contributed by atoms with Crippen molar-refractivity contribution in [1.29, 1.82) is 0 Å². The SMILES string of the molecule is CN(C)c1ncc(S(=O)(=O)c2ccc(CNC(=O)ON3Cc4ccncc4C3)nc2)s1. The lowest BCUT2D eigenvalue weighted by Crippen LogP contribution is -2.31. The van der Waals surface area contributed by atoms with Gasteiger partial charge in [0.15, 0.2) is 5.13 Å². The highest BCUT2D eigenvalue weighted by Gasteiger charge is 2.23. The monoisotopic (exact) mass is 460 g/mol. The predicted molar refractivity (Wildman–Crippen MR) is 113 cm³/mol. The normalized spacial score (nSPS) is 13.6. The molecule has 1 N–H and O–H groups in total. The first-order valence-electron chi connectivity index (χ1n) is 9.28. The zero-order chi connectivity index (χ0) is 22.0. The van der Waals surface area contributed by atoms with Crippen LogP contribution in [0.5, 0.6) is 0 Å². The van der Waals surface area contributed by atoms with Gasteiger partial charge in [-0.05, 0) is 29.3 Å². The first-order valence-corrected chi connectivity index (χ1v) is 11.6. The number of aromatic nitrogens is 3. The molecule has 0 spiro atoms. The van der Waals surface area contributed by atoms with Gasteiger partial charge >= 0.3 is 6.09 Å². The van der Waals surface area contributed by atoms with Gasteiger partial charge in [0, 0.05) is 32.7 Å². The Kier molecular flexibility index (Phi) is 5.85. The Morgan fingerprint density at radius 3 is 2.65 bits per heavy atom. The quantitative estimate of drug-likeness (QED) is 0.589. The molecular formula is C19H20N6O4S2. The van der Waals surface area contributed by atoms with Gasteiger partial charge in [0.1, 0.15) is 4.21 Å². The molecule has 0 aromatic carbocycles. The van der Waals surface area contributed by atoms with Gasteiger partial charge in [0.2, 0.25) is 9.84 Å². The van der Waals surface area contributed by atoms with Crippen molar-refractivity contribution in [2.45, 2.75) is 28.7 Å². The van der Waals surface area contributed by atoms with Crippen LogP contribution in [-0.2, 0) is 34.3 Å². The Balaban J connectivity index is 1.33. The van der Waals surface area contributed by atoms with Gasteiger partial charge in [0.25, 0.3) is 0 Å². The number of amides is 1. The topological polar surface area (TPSA) is 118 Å². The first kappa shape index (κ1) is 21.2. The largest absolute Gasteiger partial charge is 0.426 e. The predicted octanol–water partition coefficient (Wildman–Crippen LogP) is 1.99. The van der Waals surface area contributed by atoms with Crippen LogP contribution >= 0.6 is 11.3 Å². The molecule has 12 heteroatoms. The average Bonchev–Trinajstić information content (AvgIpc) is 3.40. The Bertz CT molecular complexity index is 1170. The van der Waals surface area contributed by atoms with Crippen molar-refractivity contribution in [3.05, 3.63) is 59.8 Å². The number of pyridine rings is 2. The summed E-state index contributed by atoms with van der Waals surface area (Å²) in [6, 6.07) is 4.91. The molecule has 4 heterocycles. The van der Waals surface area contributed by atoms with Crippen LogP contribution < -0.4 is 10.2 Å². The molecule has 0 saturated carbocycles. The van der Waals surface area contributed by atoms with Crippen LogP contribution in [0.15, 0.2) is 52.1 Å². The van der Waals surface area contributed by atoms with Crippen LogP contribution in [0.2, 0.25) is 0 Å². The number of thiazole rings is 1. The molecule has 1 amide bonds. The molecule has 0 bridgehead atoms. The molecule has 0 radical (unpaired) electrons. The zero-order valence-corrected chi connectivity index (χ0v) is 18.5. The number of hydroxylamine groups is 2. The summed E-state index contributed by atoms with van der Waals surface area (Å²) in [5.74, 6) is 0. The summed E-state index contributed by atoms with van der Waals surface area (Å²) in [6.45, 7) is 1.09. The van der Waals surface area contributed by atoms with E-state index in [0.717, 1.165) is 22.5 Å². The maximum Gasteiger partial charge on any atom is 0.426 e. The van der Waals surface area contributed by atoms with E-state index in [9.17, 15) is 13.2 Å². The highest BCUT2D eigenvalue weighted by molar-refractivity contribution is 7.93. The van der Waals surface area contributed by atoms with E-state index in [2.05, 4.69) is 20.3 Å². The second-order valence-corrected chi connectivity index (χ2v) is 10.2. The Morgan fingerprint density at radius 1 is 1.16 bits per heavy atom. The third kappa shape index (κ3) is 4.65. The van der Waals surface area contributed by atoms with Crippen molar-refractivity contribution in [2.75, 3.05) is 19.0 Å². The number of hydrogen-bond acceptors (Lipinski definition) is 10. The first-order chi connectivity index (χ1) is 14.8. The minimum Gasteiger partial charge on any atom is -0.354 e. The van der Waals surface area contributed by atoms with Crippen LogP contribution in [0.4, 0.5) is 9.93 Å². The molecule has 0 aliphatic carbocycles. The maximum absolute atomic E-state index is 12.7. The number of fused-ring (bicyclic) bond motifs is 1. The second kappa shape index (κ2) is 8.57. The second-order valence-electron chi connectivity index (χ2n) is 7.02. The Labute approximate surface area is 183 Å². The molecular weight excluding hydrogens is 440 g/mol. The van der Waals surface area contributed by atoms with Crippen LogP contribution in [0.3, 0.4) is 0 Å². The van der Waals surface area contributed by atoms with Crippen molar-refractivity contribution in [2.24, 2.45) is 0 Å². The van der Waals surface area contributed by atoms with E-state index in [1.165, 1.54) is 18.5 Å². The third-order valence-corrected chi connectivity index (χ3v) is 7.92. The minimum absolute atomic E-state index is 0.0659. The van der Waals surface area contributed by atoms with Gasteiger partial charge in [-0.3, -0.25) is 9.97 Å². The molecule has 0 atom stereocenters. The van der Waals surface area contributed by atoms with Gasteiger partial charge in [-0.25, -0.2) is 18.2 Å². The lowest BCUT2D eigenvalue weighted by Gasteiger charge is -2.14. The van der Waals surface area contributed by atoms with Crippen molar-refractivity contribution in [1.82, 2.24) is 25.3 Å². The molecule has 162 valence electrons. The molecule has 0 fully saturated rings. The molecule has 31 heavy (non-hydrogen) atoms. The highest BCUT2D eigenvalue weighted by atomic mass is 32.2. The molecule has 0 saturated heterocycles. The molecule has 3 aromatic rings. The van der Waals surface area contributed by atoms with Crippen LogP contribution in [0.25, 0.3) is 0 Å². The van der Waals surface area contributed by atoms with E-state index in [4.69, 9.17) is 4.84 Å². The Hall–Kier alpha value is -3.09. The van der Waals surface area contributed by atoms with Gasteiger partial charge in [-0.1, -0.05) is 11.3 Å². The maximum atomic E-state index is 12.7. The standard InChI is InChI=1S/C19H20N6O4S2/c1-24(2)18-22-10-17(30-18)31(27,28)16-4-3-15(21-9-16)8-23-19(26)29-25-11-13-5-6-20-7-14(13)12-25/h3-7,9-10H,8,11-12H2,1-2H3,(H,23,26). The fourth-order valence-corrected chi connectivity index (χ4v) is 5.32. The number of carbonyl (C=O) groups is 1. The number of anilines is 1. The van der Waals surface area contributed by atoms with Crippen molar-refractivity contribution in [3.63, 3.8) is 0 Å². The highest BCUT2D eigenvalue weighted by Crippen LogP contribution is 2.29. The van der Waals surface area contributed by atoms with E-state index in [1.54, 1.807) is 42.5 Å². The molecule has 1 aliphatic heterocycles. The number of hydrogen-bond donors (Lipinski definition) is 1. The van der Waals surface area contributed by atoms with Gasteiger partial charge < -0.3 is 15.1 Å². The zero-order valence-electron chi connectivity index (χ0n) is 16.8. The third-order valence-electron chi connectivity index (χ3n) is 4.55. The fourth-order valence-electron chi connectivity index (χ4n) is 2.94. The van der Waals surface area contributed by atoms with E-state index >= 15 is 0 Å². The fraction of sp³-hybridized carbons (Fsp3) is 0.263. The van der Waals surface area contributed by atoms with Crippen molar-refractivity contribution >= 4 is 32.4 Å². The summed E-state index contributed by atoms with van der Waals surface area (Å²) < 4.78 is 25.6. The summed E-state index contributed by atoms with van der Waals surface area (Å²) in [7, 11) is -0.109. The number of carbonyl (C=O) groups excluding carboxylic acids is 1. The number of sulfone groups is 1. The summed E-state index contributed by atoms with van der Waals surface area (Å²) in [5, 5.41) is 4.76. The minimum atomic E-state index is -3.70.